The van der Waals surface area contributed by atoms with Gasteiger partial charge in [0.05, 0.1) is 11.6 Å². The van der Waals surface area contributed by atoms with Crippen LogP contribution < -0.4 is 4.74 Å². The van der Waals surface area contributed by atoms with Crippen molar-refractivity contribution in [2.45, 2.75) is 19.4 Å². The summed E-state index contributed by atoms with van der Waals surface area (Å²) in [6, 6.07) is 4.45. The molecular formula is C12H11ClFNOS. The molecule has 0 amide bonds. The summed E-state index contributed by atoms with van der Waals surface area (Å²) in [7, 11) is 0. The molecule has 17 heavy (non-hydrogen) atoms. The monoisotopic (exact) mass is 271 g/mol. The van der Waals surface area contributed by atoms with Crippen LogP contribution in [0.25, 0.3) is 0 Å². The molecule has 0 N–H and O–H groups in total. The number of ether oxygens (including phenoxy) is 1. The highest BCUT2D eigenvalue weighted by molar-refractivity contribution is 7.09. The molecule has 0 atom stereocenters. The molecule has 1 heterocycles. The summed E-state index contributed by atoms with van der Waals surface area (Å²) in [4.78, 5) is 4.28. The minimum Gasteiger partial charge on any atom is -0.486 e. The lowest BCUT2D eigenvalue weighted by Crippen LogP contribution is -1.97. The molecule has 0 saturated carbocycles. The van der Waals surface area contributed by atoms with Crippen LogP contribution in [-0.4, -0.2) is 4.98 Å². The van der Waals surface area contributed by atoms with Gasteiger partial charge in [-0.3, -0.25) is 0 Å². The first-order chi connectivity index (χ1) is 8.19. The van der Waals surface area contributed by atoms with Crippen molar-refractivity contribution in [1.29, 1.82) is 0 Å². The van der Waals surface area contributed by atoms with Gasteiger partial charge in [0.1, 0.15) is 23.2 Å². The van der Waals surface area contributed by atoms with Crippen molar-refractivity contribution >= 4 is 22.9 Å². The highest BCUT2D eigenvalue weighted by Crippen LogP contribution is 2.20. The first-order valence-electron chi connectivity index (χ1n) is 5.07. The molecule has 0 aliphatic carbocycles. The van der Waals surface area contributed by atoms with E-state index in [1.54, 1.807) is 6.07 Å². The third-order valence-corrected chi connectivity index (χ3v) is 3.37. The summed E-state index contributed by atoms with van der Waals surface area (Å²) in [6.07, 6.45) is 0. The second kappa shape index (κ2) is 5.47. The maximum atomic E-state index is 12.9. The Morgan fingerprint density at radius 1 is 1.47 bits per heavy atom. The third-order valence-electron chi connectivity index (χ3n) is 2.22. The third kappa shape index (κ3) is 3.17. The van der Waals surface area contributed by atoms with Crippen LogP contribution in [0.4, 0.5) is 4.39 Å². The number of aryl methyl sites for hydroxylation is 1. The zero-order valence-electron chi connectivity index (χ0n) is 9.24. The molecule has 0 saturated heterocycles. The van der Waals surface area contributed by atoms with Crippen molar-refractivity contribution in [2.75, 3.05) is 0 Å². The van der Waals surface area contributed by atoms with Crippen molar-refractivity contribution in [1.82, 2.24) is 4.98 Å². The number of hydrogen-bond donors (Lipinski definition) is 0. The molecule has 1 aromatic heterocycles. The number of nitrogens with zero attached hydrogens (tertiary/aromatic N) is 1. The van der Waals surface area contributed by atoms with Gasteiger partial charge in [0.2, 0.25) is 0 Å². The number of thiazole rings is 1. The number of benzene rings is 1. The van der Waals surface area contributed by atoms with Gasteiger partial charge in [-0.2, -0.15) is 0 Å². The standard InChI is InChI=1S/C12H11ClFNOS/c1-8-4-9(14)2-3-11(8)16-6-12-15-10(5-13)7-17-12/h2-4,7H,5-6H2,1H3. The fourth-order valence-electron chi connectivity index (χ4n) is 1.39. The Labute approximate surface area is 108 Å². The van der Waals surface area contributed by atoms with Crippen LogP contribution in [-0.2, 0) is 12.5 Å². The molecule has 2 aromatic rings. The predicted octanol–water partition coefficient (Wildman–Crippen LogP) is 3.91. The Morgan fingerprint density at radius 2 is 2.29 bits per heavy atom. The van der Waals surface area contributed by atoms with Crippen LogP contribution in [0.2, 0.25) is 0 Å². The van der Waals surface area contributed by atoms with Gasteiger partial charge in [-0.25, -0.2) is 9.37 Å². The largest absolute Gasteiger partial charge is 0.486 e. The Kier molecular flexibility index (Phi) is 3.97. The van der Waals surface area contributed by atoms with E-state index in [2.05, 4.69) is 4.98 Å². The lowest BCUT2D eigenvalue weighted by atomic mass is 10.2. The minimum absolute atomic E-state index is 0.256. The molecule has 2 rings (SSSR count). The smallest absolute Gasteiger partial charge is 0.140 e. The van der Waals surface area contributed by atoms with E-state index < -0.39 is 0 Å². The molecular weight excluding hydrogens is 261 g/mol. The highest BCUT2D eigenvalue weighted by atomic mass is 35.5. The molecule has 5 heteroatoms. The first-order valence-corrected chi connectivity index (χ1v) is 6.48. The zero-order valence-corrected chi connectivity index (χ0v) is 10.8. The summed E-state index contributed by atoms with van der Waals surface area (Å²) in [5, 5.41) is 2.77. The van der Waals surface area contributed by atoms with Gasteiger partial charge in [0.25, 0.3) is 0 Å². The van der Waals surface area contributed by atoms with E-state index in [-0.39, 0.29) is 5.82 Å². The second-order valence-electron chi connectivity index (χ2n) is 3.56. The van der Waals surface area contributed by atoms with Gasteiger partial charge in [0.15, 0.2) is 0 Å². The van der Waals surface area contributed by atoms with E-state index in [1.807, 2.05) is 12.3 Å². The van der Waals surface area contributed by atoms with Gasteiger partial charge in [-0.15, -0.1) is 22.9 Å². The molecule has 0 aliphatic rings. The van der Waals surface area contributed by atoms with Crippen LogP contribution >= 0.6 is 22.9 Å². The number of aromatic nitrogens is 1. The van der Waals surface area contributed by atoms with Crippen molar-refractivity contribution in [3.63, 3.8) is 0 Å². The van der Waals surface area contributed by atoms with Gasteiger partial charge in [-0.1, -0.05) is 0 Å². The predicted molar refractivity (Wildman–Crippen MR) is 67.1 cm³/mol. The summed E-state index contributed by atoms with van der Waals surface area (Å²) in [6.45, 7) is 2.19. The van der Waals surface area contributed by atoms with Crippen LogP contribution in [0, 0.1) is 12.7 Å². The molecule has 0 spiro atoms. The molecule has 0 radical (unpaired) electrons. The van der Waals surface area contributed by atoms with E-state index in [0.717, 1.165) is 16.3 Å². The average Bonchev–Trinajstić information content (AvgIpc) is 2.76. The van der Waals surface area contributed by atoms with Crippen molar-refractivity contribution in [3.05, 3.63) is 45.7 Å². The van der Waals surface area contributed by atoms with Gasteiger partial charge < -0.3 is 4.74 Å². The fourth-order valence-corrected chi connectivity index (χ4v) is 2.32. The van der Waals surface area contributed by atoms with E-state index in [1.165, 1.54) is 23.5 Å². The maximum Gasteiger partial charge on any atom is 0.140 e. The van der Waals surface area contributed by atoms with Gasteiger partial charge in [-0.05, 0) is 30.7 Å². The number of hydrogen-bond acceptors (Lipinski definition) is 3. The Bertz CT molecular complexity index is 515. The summed E-state index contributed by atoms with van der Waals surface area (Å²) in [5.41, 5.74) is 1.63. The molecule has 90 valence electrons. The maximum absolute atomic E-state index is 12.9. The Balaban J connectivity index is 2.02. The van der Waals surface area contributed by atoms with Crippen LogP contribution in [0.1, 0.15) is 16.3 Å². The molecule has 2 nitrogen and oxygen atoms in total. The number of halogens is 2. The van der Waals surface area contributed by atoms with Crippen molar-refractivity contribution in [2.24, 2.45) is 0 Å². The van der Waals surface area contributed by atoms with Crippen LogP contribution in [0.15, 0.2) is 23.6 Å². The van der Waals surface area contributed by atoms with E-state index in [0.29, 0.717) is 18.2 Å². The molecule has 0 fully saturated rings. The molecule has 0 bridgehead atoms. The number of alkyl halides is 1. The summed E-state index contributed by atoms with van der Waals surface area (Å²) in [5.74, 6) is 0.828. The molecule has 0 aliphatic heterocycles. The molecule has 1 aromatic carbocycles. The average molecular weight is 272 g/mol. The van der Waals surface area contributed by atoms with Gasteiger partial charge in [0, 0.05) is 5.38 Å². The topological polar surface area (TPSA) is 22.1 Å². The SMILES string of the molecule is Cc1cc(F)ccc1OCc1nc(CCl)cs1. The minimum atomic E-state index is -0.256. The summed E-state index contributed by atoms with van der Waals surface area (Å²) >= 11 is 7.17. The van der Waals surface area contributed by atoms with E-state index in [9.17, 15) is 4.39 Å². The highest BCUT2D eigenvalue weighted by Gasteiger charge is 2.04. The normalized spacial score (nSPS) is 10.5. The van der Waals surface area contributed by atoms with Gasteiger partial charge >= 0.3 is 0 Å². The number of rotatable bonds is 4. The van der Waals surface area contributed by atoms with E-state index in [4.69, 9.17) is 16.3 Å². The molecule has 0 unspecified atom stereocenters. The summed E-state index contributed by atoms with van der Waals surface area (Å²) < 4.78 is 18.5. The van der Waals surface area contributed by atoms with Crippen LogP contribution in [0.3, 0.4) is 0 Å². The lowest BCUT2D eigenvalue weighted by Gasteiger charge is -2.07. The first kappa shape index (κ1) is 12.3. The lowest BCUT2D eigenvalue weighted by molar-refractivity contribution is 0.302. The van der Waals surface area contributed by atoms with Crippen molar-refractivity contribution < 1.29 is 9.13 Å². The quantitative estimate of drug-likeness (QED) is 0.787. The van der Waals surface area contributed by atoms with Crippen LogP contribution in [0.5, 0.6) is 5.75 Å². The van der Waals surface area contributed by atoms with E-state index >= 15 is 0 Å². The fraction of sp³-hybridized carbons (Fsp3) is 0.250. The zero-order chi connectivity index (χ0) is 12.3. The van der Waals surface area contributed by atoms with Crippen molar-refractivity contribution in [3.8, 4) is 5.75 Å². The Hall–Kier alpha value is -1.13. The Morgan fingerprint density at radius 3 is 2.94 bits per heavy atom. The second-order valence-corrected chi connectivity index (χ2v) is 4.77.